The van der Waals surface area contributed by atoms with Crippen LogP contribution < -0.4 is 0 Å². The predicted molar refractivity (Wildman–Crippen MR) is 112 cm³/mol. The number of H-pyrrole nitrogens is 1. The van der Waals surface area contributed by atoms with Gasteiger partial charge in [-0.3, -0.25) is 14.7 Å². The van der Waals surface area contributed by atoms with Gasteiger partial charge in [0, 0.05) is 37.3 Å². The van der Waals surface area contributed by atoms with Crippen molar-refractivity contribution >= 4 is 11.8 Å². The quantitative estimate of drug-likeness (QED) is 0.746. The molecule has 0 aliphatic carbocycles. The summed E-state index contributed by atoms with van der Waals surface area (Å²) in [5.41, 5.74) is 4.10. The third-order valence-corrected chi connectivity index (χ3v) is 5.34. The number of aryl methyl sites for hydroxylation is 1. The van der Waals surface area contributed by atoms with Crippen LogP contribution in [0.1, 0.15) is 33.3 Å². The zero-order valence-corrected chi connectivity index (χ0v) is 16.5. The van der Waals surface area contributed by atoms with E-state index in [9.17, 15) is 9.59 Å². The standard InChI is InChI=1S/C23H24N4O2/c1-2-17-8-10-19(11-9-17)22(28)26-12-14-27(15-13-26)23(29)21-16-20(24-25-21)18-6-4-3-5-7-18/h3-11,16H,2,12-15H2,1H3,(H,24,25). The number of aromatic nitrogens is 2. The van der Waals surface area contributed by atoms with E-state index in [1.165, 1.54) is 5.56 Å². The first-order valence-corrected chi connectivity index (χ1v) is 9.94. The Kier molecular flexibility index (Phi) is 5.42. The van der Waals surface area contributed by atoms with Gasteiger partial charge in [-0.1, -0.05) is 49.4 Å². The van der Waals surface area contributed by atoms with Crippen molar-refractivity contribution in [2.45, 2.75) is 13.3 Å². The van der Waals surface area contributed by atoms with Crippen LogP contribution >= 0.6 is 0 Å². The number of piperazine rings is 1. The minimum Gasteiger partial charge on any atom is -0.335 e. The first-order valence-electron chi connectivity index (χ1n) is 9.94. The Balaban J connectivity index is 1.37. The largest absolute Gasteiger partial charge is 0.335 e. The topological polar surface area (TPSA) is 69.3 Å². The maximum Gasteiger partial charge on any atom is 0.272 e. The predicted octanol–water partition coefficient (Wildman–Crippen LogP) is 3.24. The van der Waals surface area contributed by atoms with Crippen molar-refractivity contribution in [3.8, 4) is 11.3 Å². The summed E-state index contributed by atoms with van der Waals surface area (Å²) < 4.78 is 0. The molecule has 0 spiro atoms. The maximum absolute atomic E-state index is 12.8. The highest BCUT2D eigenvalue weighted by molar-refractivity contribution is 5.95. The third kappa shape index (κ3) is 4.06. The lowest BCUT2D eigenvalue weighted by Gasteiger charge is -2.34. The van der Waals surface area contributed by atoms with Crippen LogP contribution in [0.3, 0.4) is 0 Å². The summed E-state index contributed by atoms with van der Waals surface area (Å²) in [6.07, 6.45) is 0.953. The second-order valence-electron chi connectivity index (χ2n) is 7.17. The Morgan fingerprint density at radius 3 is 2.14 bits per heavy atom. The second kappa shape index (κ2) is 8.31. The van der Waals surface area contributed by atoms with Crippen molar-refractivity contribution in [3.63, 3.8) is 0 Å². The van der Waals surface area contributed by atoms with Gasteiger partial charge in [0.05, 0.1) is 5.69 Å². The summed E-state index contributed by atoms with van der Waals surface area (Å²) in [6.45, 7) is 4.17. The van der Waals surface area contributed by atoms with Crippen LogP contribution in [-0.2, 0) is 6.42 Å². The molecule has 1 N–H and O–H groups in total. The van der Waals surface area contributed by atoms with Crippen LogP contribution in [0, 0.1) is 0 Å². The van der Waals surface area contributed by atoms with E-state index in [0.717, 1.165) is 17.7 Å². The summed E-state index contributed by atoms with van der Waals surface area (Å²) in [6, 6.07) is 19.3. The summed E-state index contributed by atoms with van der Waals surface area (Å²) >= 11 is 0. The van der Waals surface area contributed by atoms with E-state index in [0.29, 0.717) is 37.4 Å². The fourth-order valence-corrected chi connectivity index (χ4v) is 3.54. The van der Waals surface area contributed by atoms with E-state index >= 15 is 0 Å². The average molecular weight is 388 g/mol. The molecule has 3 aromatic rings. The van der Waals surface area contributed by atoms with Gasteiger partial charge in [0.1, 0.15) is 5.69 Å². The van der Waals surface area contributed by atoms with Crippen LogP contribution in [-0.4, -0.2) is 58.0 Å². The van der Waals surface area contributed by atoms with Gasteiger partial charge in [-0.05, 0) is 30.2 Å². The number of amides is 2. The van der Waals surface area contributed by atoms with Gasteiger partial charge in [-0.25, -0.2) is 0 Å². The van der Waals surface area contributed by atoms with Gasteiger partial charge in [0.2, 0.25) is 0 Å². The zero-order valence-electron chi connectivity index (χ0n) is 16.5. The lowest BCUT2D eigenvalue weighted by Crippen LogP contribution is -2.50. The van der Waals surface area contributed by atoms with Crippen molar-refractivity contribution in [1.29, 1.82) is 0 Å². The second-order valence-corrected chi connectivity index (χ2v) is 7.17. The Hall–Kier alpha value is -3.41. The number of carbonyl (C=O) groups excluding carboxylic acids is 2. The van der Waals surface area contributed by atoms with E-state index in [1.807, 2.05) is 59.5 Å². The molecular formula is C23H24N4O2. The molecule has 1 fully saturated rings. The van der Waals surface area contributed by atoms with Crippen molar-refractivity contribution in [1.82, 2.24) is 20.0 Å². The monoisotopic (exact) mass is 388 g/mol. The molecule has 1 saturated heterocycles. The molecule has 0 bridgehead atoms. The molecule has 1 aromatic heterocycles. The Labute approximate surface area is 170 Å². The van der Waals surface area contributed by atoms with Crippen molar-refractivity contribution in [2.75, 3.05) is 26.2 Å². The Morgan fingerprint density at radius 2 is 1.52 bits per heavy atom. The molecule has 4 rings (SSSR count). The van der Waals surface area contributed by atoms with Crippen LogP contribution in [0.2, 0.25) is 0 Å². The molecular weight excluding hydrogens is 364 g/mol. The lowest BCUT2D eigenvalue weighted by molar-refractivity contribution is 0.0532. The highest BCUT2D eigenvalue weighted by atomic mass is 16.2. The molecule has 2 aromatic carbocycles. The minimum atomic E-state index is -0.0842. The number of carbonyl (C=O) groups is 2. The van der Waals surface area contributed by atoms with E-state index in [1.54, 1.807) is 11.0 Å². The van der Waals surface area contributed by atoms with Crippen LogP contribution in [0.25, 0.3) is 11.3 Å². The number of aromatic amines is 1. The van der Waals surface area contributed by atoms with Gasteiger partial charge >= 0.3 is 0 Å². The normalized spacial score (nSPS) is 14.1. The minimum absolute atomic E-state index is 0.0210. The molecule has 2 amide bonds. The van der Waals surface area contributed by atoms with Gasteiger partial charge in [-0.15, -0.1) is 0 Å². The molecule has 0 radical (unpaired) electrons. The van der Waals surface area contributed by atoms with Crippen LogP contribution in [0.5, 0.6) is 0 Å². The lowest BCUT2D eigenvalue weighted by atomic mass is 10.1. The van der Waals surface area contributed by atoms with E-state index < -0.39 is 0 Å². The Bertz CT molecular complexity index is 987. The van der Waals surface area contributed by atoms with Gasteiger partial charge in [0.15, 0.2) is 0 Å². The van der Waals surface area contributed by atoms with Crippen molar-refractivity contribution < 1.29 is 9.59 Å². The van der Waals surface area contributed by atoms with Gasteiger partial charge in [0.25, 0.3) is 11.8 Å². The fourth-order valence-electron chi connectivity index (χ4n) is 3.54. The summed E-state index contributed by atoms with van der Waals surface area (Å²) in [5.74, 6) is -0.0632. The molecule has 29 heavy (non-hydrogen) atoms. The van der Waals surface area contributed by atoms with Crippen LogP contribution in [0.4, 0.5) is 0 Å². The molecule has 2 heterocycles. The molecule has 148 valence electrons. The van der Waals surface area contributed by atoms with E-state index in [-0.39, 0.29) is 11.8 Å². The molecule has 0 saturated carbocycles. The van der Waals surface area contributed by atoms with Crippen molar-refractivity contribution in [3.05, 3.63) is 77.5 Å². The summed E-state index contributed by atoms with van der Waals surface area (Å²) in [4.78, 5) is 29.1. The first kappa shape index (κ1) is 18.9. The SMILES string of the molecule is CCc1ccc(C(=O)N2CCN(C(=O)c3cc(-c4ccccc4)n[nH]3)CC2)cc1. The highest BCUT2D eigenvalue weighted by Gasteiger charge is 2.26. The van der Waals surface area contributed by atoms with Gasteiger partial charge < -0.3 is 9.80 Å². The number of nitrogens with zero attached hydrogens (tertiary/aromatic N) is 3. The van der Waals surface area contributed by atoms with Crippen LogP contribution in [0.15, 0.2) is 60.7 Å². The number of benzene rings is 2. The summed E-state index contributed by atoms with van der Waals surface area (Å²) in [7, 11) is 0. The van der Waals surface area contributed by atoms with E-state index in [2.05, 4.69) is 17.1 Å². The Morgan fingerprint density at radius 1 is 0.897 bits per heavy atom. The maximum atomic E-state index is 12.8. The smallest absolute Gasteiger partial charge is 0.272 e. The highest BCUT2D eigenvalue weighted by Crippen LogP contribution is 2.18. The molecule has 0 atom stereocenters. The molecule has 1 aliphatic rings. The third-order valence-electron chi connectivity index (χ3n) is 5.34. The number of rotatable bonds is 4. The van der Waals surface area contributed by atoms with Crippen molar-refractivity contribution in [2.24, 2.45) is 0 Å². The average Bonchev–Trinajstić information content (AvgIpc) is 3.29. The number of nitrogens with one attached hydrogen (secondary N) is 1. The van der Waals surface area contributed by atoms with Gasteiger partial charge in [-0.2, -0.15) is 5.10 Å². The fraction of sp³-hybridized carbons (Fsp3) is 0.261. The number of hydrogen-bond acceptors (Lipinski definition) is 3. The zero-order chi connectivity index (χ0) is 20.2. The molecule has 6 nitrogen and oxygen atoms in total. The molecule has 6 heteroatoms. The molecule has 0 unspecified atom stereocenters. The first-order chi connectivity index (χ1) is 14.2. The number of hydrogen-bond donors (Lipinski definition) is 1. The summed E-state index contributed by atoms with van der Waals surface area (Å²) in [5, 5.41) is 7.11. The molecule has 1 aliphatic heterocycles. The van der Waals surface area contributed by atoms with E-state index in [4.69, 9.17) is 0 Å².